The Balaban J connectivity index is 2.33. The van der Waals surface area contributed by atoms with E-state index in [2.05, 4.69) is 6.58 Å². The van der Waals surface area contributed by atoms with E-state index in [-0.39, 0.29) is 6.61 Å². The maximum Gasteiger partial charge on any atom is 0.417 e. The molecule has 2 rings (SSSR count). The quantitative estimate of drug-likeness (QED) is 0.862. The van der Waals surface area contributed by atoms with E-state index in [1.807, 2.05) is 0 Å². The minimum Gasteiger partial charge on any atom is -0.446 e. The summed E-state index contributed by atoms with van der Waals surface area (Å²) in [6.07, 6.45) is -1.72. The van der Waals surface area contributed by atoms with Crippen molar-refractivity contribution in [3.05, 3.63) is 48.6 Å². The molecule has 3 atom stereocenters. The Kier molecular flexibility index (Phi) is 4.09. The van der Waals surface area contributed by atoms with Crippen molar-refractivity contribution in [1.82, 2.24) is 4.90 Å². The van der Waals surface area contributed by atoms with Crippen LogP contribution < -0.4 is 0 Å². The van der Waals surface area contributed by atoms with E-state index in [1.165, 1.54) is 0 Å². The Bertz CT molecular complexity index is 558. The number of halogens is 1. The Morgan fingerprint density at radius 2 is 2.19 bits per heavy atom. The van der Waals surface area contributed by atoms with Gasteiger partial charge in [0.1, 0.15) is 18.8 Å². The van der Waals surface area contributed by atoms with E-state index >= 15 is 0 Å². The molecule has 1 N–H and O–H groups in total. The first-order valence-electron chi connectivity index (χ1n) is 6.44. The van der Waals surface area contributed by atoms with Crippen LogP contribution in [-0.2, 0) is 9.53 Å². The zero-order chi connectivity index (χ0) is 15.6. The number of ether oxygens (including phenoxy) is 1. The van der Waals surface area contributed by atoms with Crippen molar-refractivity contribution in [1.29, 1.82) is 0 Å². The average molecular weight is 293 g/mol. The van der Waals surface area contributed by atoms with Crippen molar-refractivity contribution in [2.75, 3.05) is 6.61 Å². The van der Waals surface area contributed by atoms with Crippen LogP contribution in [0.2, 0.25) is 0 Å². The molecule has 2 unspecified atom stereocenters. The molecule has 2 amide bonds. The summed E-state index contributed by atoms with van der Waals surface area (Å²) in [7, 11) is 0. The number of rotatable bonds is 4. The van der Waals surface area contributed by atoms with Gasteiger partial charge in [-0.1, -0.05) is 36.4 Å². The van der Waals surface area contributed by atoms with Crippen molar-refractivity contribution < 1.29 is 23.8 Å². The molecule has 1 fully saturated rings. The number of amides is 2. The van der Waals surface area contributed by atoms with Crippen molar-refractivity contribution in [2.45, 2.75) is 24.7 Å². The highest BCUT2D eigenvalue weighted by Gasteiger charge is 2.50. The molecule has 6 heteroatoms. The Hall–Kier alpha value is -2.21. The molecule has 1 aromatic rings. The van der Waals surface area contributed by atoms with Crippen LogP contribution in [0.4, 0.5) is 9.18 Å². The van der Waals surface area contributed by atoms with Crippen LogP contribution in [-0.4, -0.2) is 40.4 Å². The largest absolute Gasteiger partial charge is 0.446 e. The minimum atomic E-state index is -2.65. The summed E-state index contributed by atoms with van der Waals surface area (Å²) in [5, 5.41) is 9.57. The van der Waals surface area contributed by atoms with Crippen molar-refractivity contribution in [3.8, 4) is 0 Å². The molecular formula is C15H16FNO4. The standard InChI is InChI=1S/C15H16FNO4/c1-3-12(18)15(2,16)13(19)17-11(9-21-14(17)20)10-7-5-4-6-8-10/h3-8,11-12,18H,1,9H2,2H3/t11-,12?,15?/m1/s1. The van der Waals surface area contributed by atoms with Gasteiger partial charge in [0.05, 0.1) is 0 Å². The molecule has 21 heavy (non-hydrogen) atoms. The predicted octanol–water partition coefficient (Wildman–Crippen LogP) is 1.98. The number of hydrogen-bond donors (Lipinski definition) is 1. The number of cyclic esters (lactones) is 1. The van der Waals surface area contributed by atoms with Crippen molar-refractivity contribution in [2.24, 2.45) is 0 Å². The molecule has 0 aliphatic carbocycles. The lowest BCUT2D eigenvalue weighted by atomic mass is 9.97. The molecule has 1 aliphatic heterocycles. The lowest BCUT2D eigenvalue weighted by Gasteiger charge is -2.29. The highest BCUT2D eigenvalue weighted by Crippen LogP contribution is 2.32. The van der Waals surface area contributed by atoms with E-state index in [0.717, 1.165) is 13.0 Å². The van der Waals surface area contributed by atoms with Gasteiger partial charge in [0, 0.05) is 0 Å². The van der Waals surface area contributed by atoms with Gasteiger partial charge in [-0.25, -0.2) is 14.1 Å². The third kappa shape index (κ3) is 2.67. The minimum absolute atomic E-state index is 0.0468. The second-order valence-corrected chi connectivity index (χ2v) is 4.93. The fraction of sp³-hybridized carbons (Fsp3) is 0.333. The molecule has 0 spiro atoms. The summed E-state index contributed by atoms with van der Waals surface area (Å²) in [4.78, 5) is 24.8. The number of nitrogens with zero attached hydrogens (tertiary/aromatic N) is 1. The van der Waals surface area contributed by atoms with Gasteiger partial charge < -0.3 is 9.84 Å². The maximum atomic E-state index is 14.5. The van der Waals surface area contributed by atoms with Crippen LogP contribution in [0.25, 0.3) is 0 Å². The fourth-order valence-electron chi connectivity index (χ4n) is 2.15. The first-order chi connectivity index (χ1) is 9.89. The van der Waals surface area contributed by atoms with Crippen LogP contribution in [0.15, 0.2) is 43.0 Å². The van der Waals surface area contributed by atoms with Gasteiger partial charge in [0.15, 0.2) is 0 Å². The first-order valence-corrected chi connectivity index (χ1v) is 6.44. The zero-order valence-electron chi connectivity index (χ0n) is 11.5. The lowest BCUT2D eigenvalue weighted by molar-refractivity contribution is -0.146. The second kappa shape index (κ2) is 5.65. The van der Waals surface area contributed by atoms with Crippen LogP contribution in [0.1, 0.15) is 18.5 Å². The van der Waals surface area contributed by atoms with Gasteiger partial charge in [0.2, 0.25) is 5.67 Å². The average Bonchev–Trinajstić information content (AvgIpc) is 2.87. The van der Waals surface area contributed by atoms with Crippen molar-refractivity contribution >= 4 is 12.0 Å². The number of aliphatic hydroxyl groups is 1. The predicted molar refractivity (Wildman–Crippen MR) is 73.1 cm³/mol. The van der Waals surface area contributed by atoms with E-state index < -0.39 is 29.8 Å². The van der Waals surface area contributed by atoms with Crippen LogP contribution in [0.5, 0.6) is 0 Å². The molecule has 112 valence electrons. The molecule has 1 saturated heterocycles. The first kappa shape index (κ1) is 15.2. The SMILES string of the molecule is C=CC(O)C(C)(F)C(=O)N1C(=O)OC[C@@H]1c1ccccc1. The summed E-state index contributed by atoms with van der Waals surface area (Å²) in [6, 6.07) is 7.99. The van der Waals surface area contributed by atoms with E-state index in [9.17, 15) is 19.1 Å². The summed E-state index contributed by atoms with van der Waals surface area (Å²) in [5.41, 5.74) is -2.00. The number of hydrogen-bond acceptors (Lipinski definition) is 4. The summed E-state index contributed by atoms with van der Waals surface area (Å²) >= 11 is 0. The van der Waals surface area contributed by atoms with Gasteiger partial charge >= 0.3 is 6.09 Å². The molecule has 0 bridgehead atoms. The molecule has 0 aromatic heterocycles. The molecule has 1 aromatic carbocycles. The number of aliphatic hydroxyl groups excluding tert-OH is 1. The Morgan fingerprint density at radius 1 is 1.57 bits per heavy atom. The Morgan fingerprint density at radius 3 is 2.76 bits per heavy atom. The van der Waals surface area contributed by atoms with Crippen molar-refractivity contribution in [3.63, 3.8) is 0 Å². The third-order valence-corrected chi connectivity index (χ3v) is 3.47. The summed E-state index contributed by atoms with van der Waals surface area (Å²) in [6.45, 7) is 4.12. The van der Waals surface area contributed by atoms with Gasteiger partial charge in [0.25, 0.3) is 5.91 Å². The molecule has 0 radical (unpaired) electrons. The maximum absolute atomic E-state index is 14.5. The number of carbonyl (C=O) groups excluding carboxylic acids is 2. The zero-order valence-corrected chi connectivity index (χ0v) is 11.5. The topological polar surface area (TPSA) is 66.8 Å². The number of carbonyl (C=O) groups is 2. The summed E-state index contributed by atoms with van der Waals surface area (Å²) < 4.78 is 19.3. The van der Waals surface area contributed by atoms with Crippen LogP contribution in [0.3, 0.4) is 0 Å². The second-order valence-electron chi connectivity index (χ2n) is 4.93. The van der Waals surface area contributed by atoms with Gasteiger partial charge in [-0.3, -0.25) is 4.79 Å². The smallest absolute Gasteiger partial charge is 0.417 e. The highest BCUT2D eigenvalue weighted by molar-refractivity contribution is 5.98. The van der Waals surface area contributed by atoms with Gasteiger partial charge in [-0.15, -0.1) is 6.58 Å². The highest BCUT2D eigenvalue weighted by atomic mass is 19.1. The normalized spacial score (nSPS) is 22.3. The monoisotopic (exact) mass is 293 g/mol. The van der Waals surface area contributed by atoms with Gasteiger partial charge in [-0.2, -0.15) is 0 Å². The lowest BCUT2D eigenvalue weighted by Crippen LogP contribution is -2.51. The molecule has 1 aliphatic rings. The van der Waals surface area contributed by atoms with Gasteiger partial charge in [-0.05, 0) is 12.5 Å². The number of alkyl halides is 1. The molecule has 1 heterocycles. The molecular weight excluding hydrogens is 277 g/mol. The van der Waals surface area contributed by atoms with E-state index in [4.69, 9.17) is 4.74 Å². The third-order valence-electron chi connectivity index (χ3n) is 3.47. The fourth-order valence-corrected chi connectivity index (χ4v) is 2.15. The van der Waals surface area contributed by atoms with E-state index in [1.54, 1.807) is 30.3 Å². The number of imide groups is 1. The number of benzene rings is 1. The molecule has 5 nitrogen and oxygen atoms in total. The van der Waals surface area contributed by atoms with Crippen LogP contribution >= 0.6 is 0 Å². The molecule has 0 saturated carbocycles. The van der Waals surface area contributed by atoms with E-state index in [0.29, 0.717) is 10.5 Å². The summed E-state index contributed by atoms with van der Waals surface area (Å²) in [5.74, 6) is -1.15. The Labute approximate surface area is 121 Å². The van der Waals surface area contributed by atoms with Crippen LogP contribution in [0, 0.1) is 0 Å².